The molecule has 6 N–H and O–H groups in total. The number of amides is 2. The summed E-state index contributed by atoms with van der Waals surface area (Å²) in [4.78, 5) is 36.2. The van der Waals surface area contributed by atoms with Gasteiger partial charge in [-0.05, 0) is 86.8 Å². The summed E-state index contributed by atoms with van der Waals surface area (Å²) in [6, 6.07) is 30.3. The van der Waals surface area contributed by atoms with Gasteiger partial charge in [0, 0.05) is 49.0 Å². The predicted molar refractivity (Wildman–Crippen MR) is 193 cm³/mol. The van der Waals surface area contributed by atoms with Crippen LogP contribution >= 0.6 is 0 Å². The summed E-state index contributed by atoms with van der Waals surface area (Å²) in [5, 5.41) is 10.3. The number of para-hydroxylation sites is 1. The molecule has 5 aromatic rings. The van der Waals surface area contributed by atoms with Crippen molar-refractivity contribution < 1.29 is 14.3 Å². The van der Waals surface area contributed by atoms with Crippen LogP contribution < -0.4 is 26.4 Å². The van der Waals surface area contributed by atoms with Crippen molar-refractivity contribution in [3.63, 3.8) is 0 Å². The molecule has 1 aliphatic rings. The number of carbonyl (C=O) groups is 2. The summed E-state index contributed by atoms with van der Waals surface area (Å²) in [5.41, 5.74) is 16.4. The highest BCUT2D eigenvalue weighted by atomic mass is 16.5. The van der Waals surface area contributed by atoms with Crippen molar-refractivity contribution in [3.05, 3.63) is 108 Å². The van der Waals surface area contributed by atoms with E-state index in [-0.39, 0.29) is 17.9 Å². The third-order valence-corrected chi connectivity index (χ3v) is 8.87. The third-order valence-electron chi connectivity index (χ3n) is 8.87. The molecule has 252 valence electrons. The first-order valence-corrected chi connectivity index (χ1v) is 16.5. The molecule has 2 atom stereocenters. The second-order valence-corrected chi connectivity index (χ2v) is 12.5. The Labute approximate surface area is 286 Å². The standard InChI is InChI=1S/C38H42N8O3/c1-25-9-6-11-29(21-25)45-20-19-44(24-26(45)2)37(48)28-16-17-33-32(23-28)43-36(46(33)34(35(39)47)15-8-18-42-38(40)41)27-10-7-14-31(22-27)49-30-12-4-3-5-13-30/h3-7,9-14,16-17,21-23,26,34H,8,15,18-20,24H2,1-2H3,(H2,39,47)(H4,40,41,42)/t26?,34-/m0/s1. The molecule has 0 aliphatic carbocycles. The van der Waals surface area contributed by atoms with E-state index in [9.17, 15) is 9.59 Å². The van der Waals surface area contributed by atoms with Crippen molar-refractivity contribution in [2.45, 2.75) is 38.8 Å². The van der Waals surface area contributed by atoms with E-state index in [4.69, 9.17) is 26.6 Å². The zero-order valence-electron chi connectivity index (χ0n) is 27.8. The number of hydrogen-bond donors (Lipinski definition) is 4. The molecule has 0 spiro atoms. The topological polar surface area (TPSA) is 156 Å². The number of primary amides is 1. The summed E-state index contributed by atoms with van der Waals surface area (Å²) < 4.78 is 7.96. The summed E-state index contributed by atoms with van der Waals surface area (Å²) in [5.74, 6) is 1.12. The molecule has 0 bridgehead atoms. The molecule has 1 aromatic heterocycles. The van der Waals surface area contributed by atoms with E-state index in [1.807, 2.05) is 70.1 Å². The largest absolute Gasteiger partial charge is 0.457 e. The lowest BCUT2D eigenvalue weighted by Gasteiger charge is -2.41. The Morgan fingerprint density at radius 2 is 1.73 bits per heavy atom. The summed E-state index contributed by atoms with van der Waals surface area (Å²) in [7, 11) is 0. The lowest BCUT2D eigenvalue weighted by atomic mass is 10.1. The second kappa shape index (κ2) is 14.5. The van der Waals surface area contributed by atoms with Gasteiger partial charge in [0.15, 0.2) is 5.96 Å². The molecule has 1 unspecified atom stereocenters. The molecule has 1 fully saturated rings. The smallest absolute Gasteiger partial charge is 0.254 e. The van der Waals surface area contributed by atoms with Crippen LogP contribution in [0.3, 0.4) is 0 Å². The van der Waals surface area contributed by atoms with E-state index in [2.05, 4.69) is 48.3 Å². The minimum atomic E-state index is -0.746. The minimum absolute atomic E-state index is 0.0613. The normalized spacial score (nSPS) is 15.2. The number of aryl methyl sites for hydroxylation is 1. The van der Waals surface area contributed by atoms with Crippen molar-refractivity contribution in [2.75, 3.05) is 31.1 Å². The Kier molecular flexibility index (Phi) is 9.79. The second-order valence-electron chi connectivity index (χ2n) is 12.5. The Balaban J connectivity index is 1.33. The lowest BCUT2D eigenvalue weighted by Crippen LogP contribution is -2.53. The maximum absolute atomic E-state index is 13.9. The number of benzene rings is 4. The monoisotopic (exact) mass is 658 g/mol. The van der Waals surface area contributed by atoms with Gasteiger partial charge in [0.25, 0.3) is 5.91 Å². The number of nitrogens with two attached hydrogens (primary N) is 2. The number of aromatic nitrogens is 2. The van der Waals surface area contributed by atoms with E-state index >= 15 is 0 Å². The van der Waals surface area contributed by atoms with Gasteiger partial charge in [0.2, 0.25) is 5.91 Å². The van der Waals surface area contributed by atoms with Crippen LogP contribution in [0.5, 0.6) is 11.5 Å². The van der Waals surface area contributed by atoms with E-state index in [1.54, 1.807) is 12.1 Å². The highest BCUT2D eigenvalue weighted by Gasteiger charge is 2.29. The molecule has 1 saturated heterocycles. The summed E-state index contributed by atoms with van der Waals surface area (Å²) in [6.07, 6.45) is 0.921. The van der Waals surface area contributed by atoms with Gasteiger partial charge in [-0.2, -0.15) is 0 Å². The first kappa shape index (κ1) is 33.1. The van der Waals surface area contributed by atoms with Crippen LogP contribution in [0.15, 0.2) is 97.1 Å². The maximum Gasteiger partial charge on any atom is 0.254 e. The van der Waals surface area contributed by atoms with Crippen molar-refractivity contribution in [1.29, 1.82) is 5.41 Å². The first-order valence-electron chi connectivity index (χ1n) is 16.5. The number of nitrogens with one attached hydrogen (secondary N) is 2. The van der Waals surface area contributed by atoms with Gasteiger partial charge in [0.05, 0.1) is 11.0 Å². The van der Waals surface area contributed by atoms with E-state index in [0.29, 0.717) is 66.4 Å². The van der Waals surface area contributed by atoms with Crippen LogP contribution in [0.1, 0.15) is 41.7 Å². The molecule has 0 radical (unpaired) electrons. The fourth-order valence-electron chi connectivity index (χ4n) is 6.51. The third kappa shape index (κ3) is 7.51. The van der Waals surface area contributed by atoms with Gasteiger partial charge in [-0.1, -0.05) is 42.5 Å². The number of piperazine rings is 1. The number of ether oxygens (including phenoxy) is 1. The van der Waals surface area contributed by atoms with Crippen molar-refractivity contribution >= 4 is 34.5 Å². The number of imidazole rings is 1. The number of guanidine groups is 1. The Bertz CT molecular complexity index is 1970. The average molecular weight is 659 g/mol. The summed E-state index contributed by atoms with van der Waals surface area (Å²) >= 11 is 0. The Morgan fingerprint density at radius 3 is 2.47 bits per heavy atom. The lowest BCUT2D eigenvalue weighted by molar-refractivity contribution is -0.121. The Hall–Kier alpha value is -5.84. The van der Waals surface area contributed by atoms with Gasteiger partial charge < -0.3 is 35.9 Å². The molecule has 0 saturated carbocycles. The molecular weight excluding hydrogens is 616 g/mol. The van der Waals surface area contributed by atoms with Gasteiger partial charge in [-0.3, -0.25) is 15.0 Å². The average Bonchev–Trinajstić information content (AvgIpc) is 3.46. The molecular formula is C38H42N8O3. The van der Waals surface area contributed by atoms with Crippen molar-refractivity contribution in [2.24, 2.45) is 11.5 Å². The van der Waals surface area contributed by atoms with Crippen molar-refractivity contribution in [1.82, 2.24) is 19.8 Å². The van der Waals surface area contributed by atoms with Crippen molar-refractivity contribution in [3.8, 4) is 22.9 Å². The molecule has 2 amide bonds. The van der Waals surface area contributed by atoms with Crippen LogP contribution in [0.25, 0.3) is 22.4 Å². The fourth-order valence-corrected chi connectivity index (χ4v) is 6.51. The van der Waals surface area contributed by atoms with E-state index < -0.39 is 11.9 Å². The number of rotatable bonds is 11. The minimum Gasteiger partial charge on any atom is -0.457 e. The Morgan fingerprint density at radius 1 is 0.959 bits per heavy atom. The number of hydrogen-bond acceptors (Lipinski definition) is 6. The zero-order chi connectivity index (χ0) is 34.5. The molecule has 1 aliphatic heterocycles. The van der Waals surface area contributed by atoms with E-state index in [0.717, 1.165) is 12.1 Å². The van der Waals surface area contributed by atoms with Gasteiger partial charge >= 0.3 is 0 Å². The molecule has 2 heterocycles. The molecule has 11 heteroatoms. The van der Waals surface area contributed by atoms with Crippen LogP contribution in [0.4, 0.5) is 5.69 Å². The fraction of sp³-hybridized carbons (Fsp3) is 0.263. The maximum atomic E-state index is 13.9. The number of fused-ring (bicyclic) bond motifs is 1. The van der Waals surface area contributed by atoms with Crippen LogP contribution in [-0.4, -0.2) is 64.4 Å². The van der Waals surface area contributed by atoms with Gasteiger partial charge in [-0.25, -0.2) is 4.98 Å². The summed E-state index contributed by atoms with van der Waals surface area (Å²) in [6.45, 7) is 6.57. The molecule has 4 aromatic carbocycles. The number of anilines is 1. The highest BCUT2D eigenvalue weighted by molar-refractivity contribution is 5.98. The predicted octanol–water partition coefficient (Wildman–Crippen LogP) is 5.44. The van der Waals surface area contributed by atoms with E-state index in [1.165, 1.54) is 11.3 Å². The van der Waals surface area contributed by atoms with Crippen LogP contribution in [0.2, 0.25) is 0 Å². The highest BCUT2D eigenvalue weighted by Crippen LogP contribution is 2.34. The number of carbonyl (C=O) groups excluding carboxylic acids is 2. The van der Waals surface area contributed by atoms with Crippen LogP contribution in [0, 0.1) is 12.3 Å². The van der Waals surface area contributed by atoms with Crippen LogP contribution in [-0.2, 0) is 4.79 Å². The number of nitrogens with zero attached hydrogens (tertiary/aromatic N) is 4. The SMILES string of the molecule is Cc1cccc(N2CCN(C(=O)c3ccc4c(c3)nc(-c3cccc(Oc5ccccc5)c3)n4[C@@H](CCCNC(=N)N)C(N)=O)CC2C)c1. The quantitative estimate of drug-likeness (QED) is 0.0836. The molecule has 11 nitrogen and oxygen atoms in total. The van der Waals surface area contributed by atoms with Gasteiger partial charge in [-0.15, -0.1) is 0 Å². The first-order chi connectivity index (χ1) is 23.7. The zero-order valence-corrected chi connectivity index (χ0v) is 27.8. The molecule has 6 rings (SSSR count). The molecule has 49 heavy (non-hydrogen) atoms. The van der Waals surface area contributed by atoms with Gasteiger partial charge in [0.1, 0.15) is 23.4 Å².